The predicted molar refractivity (Wildman–Crippen MR) is 129 cm³/mol. The van der Waals surface area contributed by atoms with Crippen molar-refractivity contribution in [2.24, 2.45) is 0 Å². The standard InChI is InChI=1S/C25H31ClN2O2S/c1-18-8-7-9-20(14-18)15-28(19(2)25(30)27-22-11-4-5-12-22)24(29)17-31-16-21-10-3-6-13-23(21)26/h3,6-10,13-14,19,22H,4-5,11-12,15-17H2,1-2H3,(H,27,30)/t19-/m1/s1. The highest BCUT2D eigenvalue weighted by Gasteiger charge is 2.28. The summed E-state index contributed by atoms with van der Waals surface area (Å²) >= 11 is 7.76. The number of benzene rings is 2. The van der Waals surface area contributed by atoms with Gasteiger partial charge in [-0.05, 0) is 43.9 Å². The second-order valence-electron chi connectivity index (χ2n) is 8.26. The summed E-state index contributed by atoms with van der Waals surface area (Å²) in [6, 6.07) is 15.5. The molecule has 0 aliphatic heterocycles. The number of amides is 2. The molecule has 1 fully saturated rings. The predicted octanol–water partition coefficient (Wildman–Crippen LogP) is 5.36. The number of hydrogen-bond donors (Lipinski definition) is 1. The normalized spacial score (nSPS) is 14.9. The van der Waals surface area contributed by atoms with Gasteiger partial charge in [0.2, 0.25) is 11.8 Å². The SMILES string of the molecule is Cc1cccc(CN(C(=O)CSCc2ccccc2Cl)[C@H](C)C(=O)NC2CCCC2)c1. The van der Waals surface area contributed by atoms with Crippen LogP contribution in [0.1, 0.15) is 49.3 Å². The van der Waals surface area contributed by atoms with Crippen molar-refractivity contribution < 1.29 is 9.59 Å². The molecular weight excluding hydrogens is 428 g/mol. The molecule has 2 amide bonds. The van der Waals surface area contributed by atoms with Crippen LogP contribution >= 0.6 is 23.4 Å². The molecule has 1 N–H and O–H groups in total. The zero-order valence-corrected chi connectivity index (χ0v) is 19.8. The third-order valence-corrected chi connectivity index (χ3v) is 7.08. The van der Waals surface area contributed by atoms with E-state index in [1.807, 2.05) is 56.3 Å². The van der Waals surface area contributed by atoms with E-state index in [0.717, 1.165) is 42.4 Å². The number of rotatable bonds is 9. The van der Waals surface area contributed by atoms with Gasteiger partial charge in [-0.25, -0.2) is 0 Å². The van der Waals surface area contributed by atoms with Gasteiger partial charge in [0.1, 0.15) is 6.04 Å². The van der Waals surface area contributed by atoms with Gasteiger partial charge in [-0.2, -0.15) is 0 Å². The van der Waals surface area contributed by atoms with Crippen LogP contribution < -0.4 is 5.32 Å². The van der Waals surface area contributed by atoms with Crippen molar-refractivity contribution >= 4 is 35.2 Å². The van der Waals surface area contributed by atoms with Crippen molar-refractivity contribution in [2.75, 3.05) is 5.75 Å². The maximum Gasteiger partial charge on any atom is 0.242 e. The Kier molecular flexibility index (Phi) is 8.85. The molecule has 0 unspecified atom stereocenters. The zero-order chi connectivity index (χ0) is 22.2. The summed E-state index contributed by atoms with van der Waals surface area (Å²) in [7, 11) is 0. The Morgan fingerprint density at radius 3 is 2.61 bits per heavy atom. The highest BCUT2D eigenvalue weighted by atomic mass is 35.5. The first kappa shape index (κ1) is 23.7. The van der Waals surface area contributed by atoms with Crippen molar-refractivity contribution in [1.82, 2.24) is 10.2 Å². The monoisotopic (exact) mass is 458 g/mol. The van der Waals surface area contributed by atoms with E-state index in [0.29, 0.717) is 23.1 Å². The molecule has 4 nitrogen and oxygen atoms in total. The molecule has 0 aromatic heterocycles. The fraction of sp³-hybridized carbons (Fsp3) is 0.440. The highest BCUT2D eigenvalue weighted by Crippen LogP contribution is 2.22. The number of carbonyl (C=O) groups is 2. The zero-order valence-electron chi connectivity index (χ0n) is 18.3. The lowest BCUT2D eigenvalue weighted by Crippen LogP contribution is -2.50. The second-order valence-corrected chi connectivity index (χ2v) is 9.65. The third-order valence-electron chi connectivity index (χ3n) is 5.75. The van der Waals surface area contributed by atoms with Crippen LogP contribution in [0.25, 0.3) is 0 Å². The molecule has 0 spiro atoms. The van der Waals surface area contributed by atoms with Gasteiger partial charge in [-0.3, -0.25) is 9.59 Å². The van der Waals surface area contributed by atoms with Crippen molar-refractivity contribution in [3.8, 4) is 0 Å². The van der Waals surface area contributed by atoms with Crippen LogP contribution in [0.3, 0.4) is 0 Å². The minimum Gasteiger partial charge on any atom is -0.352 e. The number of halogens is 1. The summed E-state index contributed by atoms with van der Waals surface area (Å²) in [5.41, 5.74) is 3.19. The Bertz CT molecular complexity index is 899. The number of carbonyl (C=O) groups excluding carboxylic acids is 2. The maximum absolute atomic E-state index is 13.2. The summed E-state index contributed by atoms with van der Waals surface area (Å²) in [5, 5.41) is 3.85. The molecule has 1 atom stereocenters. The molecule has 2 aromatic carbocycles. The van der Waals surface area contributed by atoms with Gasteiger partial charge < -0.3 is 10.2 Å². The first-order valence-corrected chi connectivity index (χ1v) is 12.4. The quantitative estimate of drug-likeness (QED) is 0.550. The van der Waals surface area contributed by atoms with E-state index in [1.54, 1.807) is 4.90 Å². The molecule has 1 aliphatic rings. The molecule has 1 saturated carbocycles. The largest absolute Gasteiger partial charge is 0.352 e. The summed E-state index contributed by atoms with van der Waals surface area (Å²) in [6.45, 7) is 4.29. The third kappa shape index (κ3) is 7.01. The number of nitrogens with one attached hydrogen (secondary N) is 1. The van der Waals surface area contributed by atoms with Gasteiger partial charge in [0.15, 0.2) is 0 Å². The van der Waals surface area contributed by atoms with Crippen LogP contribution in [0.15, 0.2) is 48.5 Å². The van der Waals surface area contributed by atoms with Gasteiger partial charge in [0.05, 0.1) is 5.75 Å². The van der Waals surface area contributed by atoms with Crippen molar-refractivity contribution in [3.63, 3.8) is 0 Å². The molecule has 0 heterocycles. The van der Waals surface area contributed by atoms with E-state index < -0.39 is 6.04 Å². The number of aryl methyl sites for hydroxylation is 1. The van der Waals surface area contributed by atoms with Gasteiger partial charge >= 0.3 is 0 Å². The molecule has 0 bridgehead atoms. The fourth-order valence-corrected chi connectivity index (χ4v) is 5.12. The van der Waals surface area contributed by atoms with E-state index in [4.69, 9.17) is 11.6 Å². The van der Waals surface area contributed by atoms with Crippen molar-refractivity contribution in [2.45, 2.75) is 63.9 Å². The maximum atomic E-state index is 13.2. The smallest absolute Gasteiger partial charge is 0.242 e. The Balaban J connectivity index is 1.66. The summed E-state index contributed by atoms with van der Waals surface area (Å²) < 4.78 is 0. The minimum atomic E-state index is -0.519. The number of nitrogens with zero attached hydrogens (tertiary/aromatic N) is 1. The molecule has 0 saturated heterocycles. The lowest BCUT2D eigenvalue weighted by Gasteiger charge is -2.30. The van der Waals surface area contributed by atoms with Crippen LogP contribution in [0.2, 0.25) is 5.02 Å². The molecule has 2 aromatic rings. The first-order chi connectivity index (χ1) is 14.9. The Morgan fingerprint density at radius 1 is 1.16 bits per heavy atom. The van der Waals surface area contributed by atoms with Gasteiger partial charge in [-0.1, -0.05) is 72.5 Å². The molecule has 1 aliphatic carbocycles. The average molecular weight is 459 g/mol. The second kappa shape index (κ2) is 11.6. The molecule has 166 valence electrons. The molecule has 3 rings (SSSR count). The summed E-state index contributed by atoms with van der Waals surface area (Å²) in [6.07, 6.45) is 4.36. The number of thioether (sulfide) groups is 1. The Morgan fingerprint density at radius 2 is 1.90 bits per heavy atom. The molecule has 6 heteroatoms. The molecule has 31 heavy (non-hydrogen) atoms. The minimum absolute atomic E-state index is 0.0346. The van der Waals surface area contributed by atoms with E-state index in [1.165, 1.54) is 11.8 Å². The van der Waals surface area contributed by atoms with Gasteiger partial charge in [-0.15, -0.1) is 11.8 Å². The van der Waals surface area contributed by atoms with Crippen molar-refractivity contribution in [1.29, 1.82) is 0 Å². The topological polar surface area (TPSA) is 49.4 Å². The van der Waals surface area contributed by atoms with Crippen LogP contribution in [0.4, 0.5) is 0 Å². The summed E-state index contributed by atoms with van der Waals surface area (Å²) in [5.74, 6) is 0.862. The highest BCUT2D eigenvalue weighted by molar-refractivity contribution is 7.99. The van der Waals surface area contributed by atoms with Crippen LogP contribution in [-0.4, -0.2) is 34.6 Å². The van der Waals surface area contributed by atoms with Crippen molar-refractivity contribution in [3.05, 3.63) is 70.2 Å². The molecule has 0 radical (unpaired) electrons. The molecular formula is C25H31ClN2O2S. The lowest BCUT2D eigenvalue weighted by molar-refractivity contribution is -0.138. The van der Waals surface area contributed by atoms with Gasteiger partial charge in [0.25, 0.3) is 0 Å². The Labute approximate surface area is 194 Å². The van der Waals surface area contributed by atoms with E-state index in [9.17, 15) is 9.59 Å². The van der Waals surface area contributed by atoms with Crippen LogP contribution in [0, 0.1) is 6.92 Å². The van der Waals surface area contributed by atoms with Gasteiger partial charge in [0, 0.05) is 23.4 Å². The van der Waals surface area contributed by atoms with E-state index >= 15 is 0 Å². The summed E-state index contributed by atoms with van der Waals surface area (Å²) in [4.78, 5) is 27.8. The first-order valence-electron chi connectivity index (χ1n) is 10.9. The Hall–Kier alpha value is -1.98. The van der Waals surface area contributed by atoms with Crippen LogP contribution in [-0.2, 0) is 21.9 Å². The lowest BCUT2D eigenvalue weighted by atomic mass is 10.1. The van der Waals surface area contributed by atoms with Crippen LogP contribution in [0.5, 0.6) is 0 Å². The number of hydrogen-bond acceptors (Lipinski definition) is 3. The average Bonchev–Trinajstić information content (AvgIpc) is 3.26. The van der Waals surface area contributed by atoms with E-state index in [2.05, 4.69) is 11.4 Å². The fourth-order valence-electron chi connectivity index (χ4n) is 3.93. The van der Waals surface area contributed by atoms with E-state index in [-0.39, 0.29) is 17.9 Å².